The molecular weight excluding hydrogens is 300 g/mol. The molecule has 3 heterocycles. The van der Waals surface area contributed by atoms with Crippen molar-refractivity contribution in [3.63, 3.8) is 0 Å². The summed E-state index contributed by atoms with van der Waals surface area (Å²) in [4.78, 5) is 32.0. The van der Waals surface area contributed by atoms with Gasteiger partial charge in [-0.1, -0.05) is 6.08 Å². The summed E-state index contributed by atoms with van der Waals surface area (Å²) < 4.78 is 4.86. The number of esters is 1. The molecule has 1 fully saturated rings. The first-order valence-electron chi connectivity index (χ1n) is 6.23. The second kappa shape index (κ2) is 4.66. The van der Waals surface area contributed by atoms with Gasteiger partial charge in [0, 0.05) is 0 Å². The summed E-state index contributed by atoms with van der Waals surface area (Å²) in [5.41, 5.74) is -1.34. The van der Waals surface area contributed by atoms with Gasteiger partial charge >= 0.3 is 11.7 Å². The molecule has 0 aliphatic carbocycles. The fourth-order valence-electron chi connectivity index (χ4n) is 2.97. The Morgan fingerprint density at radius 1 is 1.67 bits per heavy atom. The Bertz CT molecular complexity index is 665. The maximum Gasteiger partial charge on any atom is 0.335 e. The number of nitro groups is 1. The van der Waals surface area contributed by atoms with E-state index in [0.29, 0.717) is 12.8 Å². The number of rotatable bonds is 3. The first-order chi connectivity index (χ1) is 9.99. The van der Waals surface area contributed by atoms with Crippen LogP contribution in [0.3, 0.4) is 0 Å². The van der Waals surface area contributed by atoms with Crippen LogP contribution >= 0.6 is 11.6 Å². The van der Waals surface area contributed by atoms with Gasteiger partial charge in [-0.2, -0.15) is 4.98 Å². The molecule has 2 atom stereocenters. The number of ether oxygens (including phenoxy) is 1. The lowest BCUT2D eigenvalue weighted by Gasteiger charge is -2.32. The van der Waals surface area contributed by atoms with Gasteiger partial charge in [-0.05, 0) is 30.5 Å². The number of nitrogens with zero attached hydrogens (tertiary/aromatic N) is 4. The van der Waals surface area contributed by atoms with Crippen LogP contribution in [0, 0.1) is 10.1 Å². The maximum absolute atomic E-state index is 12.2. The number of hydrogen-bond acceptors (Lipinski definition) is 7. The summed E-state index contributed by atoms with van der Waals surface area (Å²) in [7, 11) is 1.29. The number of carbonyl (C=O) groups excluding carboxylic acids is 1. The van der Waals surface area contributed by atoms with Crippen molar-refractivity contribution in [2.24, 2.45) is 0 Å². The average molecular weight is 311 g/mol. The molecule has 21 heavy (non-hydrogen) atoms. The predicted molar refractivity (Wildman–Crippen MR) is 73.1 cm³/mol. The van der Waals surface area contributed by atoms with E-state index in [1.54, 1.807) is 11.0 Å². The average Bonchev–Trinajstić information content (AvgIpc) is 3.02. The van der Waals surface area contributed by atoms with Crippen LogP contribution in [0.4, 0.5) is 11.5 Å². The third-order valence-corrected chi connectivity index (χ3v) is 4.04. The highest BCUT2D eigenvalue weighted by atomic mass is 35.5. The van der Waals surface area contributed by atoms with Gasteiger partial charge < -0.3 is 9.64 Å². The highest BCUT2D eigenvalue weighted by Gasteiger charge is 2.56. The lowest BCUT2D eigenvalue weighted by Crippen LogP contribution is -2.49. The van der Waals surface area contributed by atoms with Crippen LogP contribution in [-0.2, 0) is 9.53 Å². The second-order valence-corrected chi connectivity index (χ2v) is 5.19. The third-order valence-electron chi connectivity index (χ3n) is 3.86. The number of fused-ring (bicyclic) bond motifs is 2. The molecule has 0 radical (unpaired) electrons. The van der Waals surface area contributed by atoms with Gasteiger partial charge in [-0.3, -0.25) is 10.1 Å². The Labute approximate surface area is 124 Å². The molecule has 0 saturated carbocycles. The Balaban J connectivity index is 2.15. The standard InChI is InChI=1S/C12H11ClN4O4/c1-21-10(18)12-4-2-7(3-5-12)16(12)9-8(17(19)20)6-14-11(13)15-9/h2,4,6-7H,3,5H2,1H3. The van der Waals surface area contributed by atoms with Crippen molar-refractivity contribution in [3.8, 4) is 0 Å². The zero-order valence-corrected chi connectivity index (χ0v) is 11.8. The number of methoxy groups -OCH3 is 1. The van der Waals surface area contributed by atoms with E-state index in [2.05, 4.69) is 9.97 Å². The predicted octanol–water partition coefficient (Wildman–Crippen LogP) is 1.49. The first kappa shape index (κ1) is 13.7. The molecule has 2 unspecified atom stereocenters. The molecule has 1 aromatic heterocycles. The van der Waals surface area contributed by atoms with Gasteiger partial charge in [0.25, 0.3) is 0 Å². The fourth-order valence-corrected chi connectivity index (χ4v) is 3.10. The number of halogens is 1. The van der Waals surface area contributed by atoms with Crippen LogP contribution in [0.25, 0.3) is 0 Å². The summed E-state index contributed by atoms with van der Waals surface area (Å²) >= 11 is 5.77. The monoisotopic (exact) mass is 310 g/mol. The van der Waals surface area contributed by atoms with Crippen LogP contribution < -0.4 is 4.90 Å². The van der Waals surface area contributed by atoms with Gasteiger partial charge in [0.1, 0.15) is 6.20 Å². The van der Waals surface area contributed by atoms with E-state index in [1.165, 1.54) is 7.11 Å². The van der Waals surface area contributed by atoms with E-state index in [0.717, 1.165) is 6.20 Å². The number of aromatic nitrogens is 2. The second-order valence-electron chi connectivity index (χ2n) is 4.86. The third kappa shape index (κ3) is 1.86. The molecule has 0 N–H and O–H groups in total. The van der Waals surface area contributed by atoms with Crippen LogP contribution in [0.5, 0.6) is 0 Å². The molecule has 1 aromatic rings. The van der Waals surface area contributed by atoms with E-state index in [1.807, 2.05) is 6.08 Å². The number of carbonyl (C=O) groups is 1. The van der Waals surface area contributed by atoms with Crippen molar-refractivity contribution in [3.05, 3.63) is 33.7 Å². The van der Waals surface area contributed by atoms with Gasteiger partial charge in [-0.15, -0.1) is 0 Å². The minimum Gasteiger partial charge on any atom is -0.467 e. The van der Waals surface area contributed by atoms with Crippen LogP contribution in [0.2, 0.25) is 5.28 Å². The van der Waals surface area contributed by atoms with E-state index >= 15 is 0 Å². The molecular formula is C12H11ClN4O4. The molecule has 0 amide bonds. The van der Waals surface area contributed by atoms with Crippen molar-refractivity contribution in [1.29, 1.82) is 0 Å². The summed E-state index contributed by atoms with van der Waals surface area (Å²) in [6.07, 6.45) is 5.80. The molecule has 0 aromatic carbocycles. The molecule has 2 aliphatic rings. The minimum atomic E-state index is -1.05. The lowest BCUT2D eigenvalue weighted by atomic mass is 9.93. The Morgan fingerprint density at radius 2 is 2.43 bits per heavy atom. The van der Waals surface area contributed by atoms with E-state index in [-0.39, 0.29) is 22.8 Å². The van der Waals surface area contributed by atoms with Crippen molar-refractivity contribution >= 4 is 29.1 Å². The fraction of sp³-hybridized carbons (Fsp3) is 0.417. The maximum atomic E-state index is 12.2. The van der Waals surface area contributed by atoms with Gasteiger partial charge in [0.15, 0.2) is 5.54 Å². The zero-order valence-electron chi connectivity index (χ0n) is 11.0. The molecule has 3 rings (SSSR count). The molecule has 0 spiro atoms. The van der Waals surface area contributed by atoms with Crippen LogP contribution in [0.15, 0.2) is 18.3 Å². The Hall–Kier alpha value is -2.22. The van der Waals surface area contributed by atoms with Crippen LogP contribution in [-0.4, -0.2) is 39.6 Å². The normalized spacial score (nSPS) is 26.2. The topological polar surface area (TPSA) is 98.5 Å². The van der Waals surface area contributed by atoms with Crippen molar-refractivity contribution in [2.45, 2.75) is 24.4 Å². The largest absolute Gasteiger partial charge is 0.467 e. The molecule has 8 nitrogen and oxygen atoms in total. The minimum absolute atomic E-state index is 0.0397. The SMILES string of the molecule is COC(=O)C12C=CC(CC1)N2c1nc(Cl)ncc1[N+](=O)[O-]. The summed E-state index contributed by atoms with van der Waals surface area (Å²) in [6, 6.07) is -0.145. The molecule has 110 valence electrons. The van der Waals surface area contributed by atoms with E-state index < -0.39 is 16.4 Å². The highest BCUT2D eigenvalue weighted by molar-refractivity contribution is 6.28. The smallest absolute Gasteiger partial charge is 0.335 e. The van der Waals surface area contributed by atoms with Crippen LogP contribution in [0.1, 0.15) is 12.8 Å². The van der Waals surface area contributed by atoms with Gasteiger partial charge in [0.2, 0.25) is 11.1 Å². The molecule has 1 saturated heterocycles. The zero-order chi connectivity index (χ0) is 15.2. The molecule has 2 aliphatic heterocycles. The number of hydrogen-bond donors (Lipinski definition) is 0. The van der Waals surface area contributed by atoms with E-state index in [4.69, 9.17) is 16.3 Å². The van der Waals surface area contributed by atoms with Gasteiger partial charge in [-0.25, -0.2) is 9.78 Å². The van der Waals surface area contributed by atoms with Crippen molar-refractivity contribution in [2.75, 3.05) is 12.0 Å². The lowest BCUT2D eigenvalue weighted by molar-refractivity contribution is -0.384. The first-order valence-corrected chi connectivity index (χ1v) is 6.61. The number of anilines is 1. The summed E-state index contributed by atoms with van der Waals surface area (Å²) in [5.74, 6) is -0.430. The van der Waals surface area contributed by atoms with Crippen molar-refractivity contribution in [1.82, 2.24) is 9.97 Å². The van der Waals surface area contributed by atoms with E-state index in [9.17, 15) is 14.9 Å². The Kier molecular flexibility index (Phi) is 3.05. The van der Waals surface area contributed by atoms with Gasteiger partial charge in [0.05, 0.1) is 18.1 Å². The summed E-state index contributed by atoms with van der Waals surface area (Å²) in [5, 5.41) is 11.1. The highest BCUT2D eigenvalue weighted by Crippen LogP contribution is 2.47. The quantitative estimate of drug-likeness (QED) is 0.274. The summed E-state index contributed by atoms with van der Waals surface area (Å²) in [6.45, 7) is 0. The van der Waals surface area contributed by atoms with Crippen molar-refractivity contribution < 1.29 is 14.5 Å². The Morgan fingerprint density at radius 3 is 3.00 bits per heavy atom. The molecule has 9 heteroatoms. The molecule has 2 bridgehead atoms.